The molecule has 5 nitrogen and oxygen atoms in total. The molecule has 10 heteroatoms. The average Bonchev–Trinajstić information content (AvgIpc) is 3.18. The fourth-order valence-corrected chi connectivity index (χ4v) is 3.07. The topological polar surface area (TPSA) is 66.3 Å². The molecule has 0 radical (unpaired) electrons. The molecule has 1 amide bonds. The summed E-state index contributed by atoms with van der Waals surface area (Å²) in [6, 6.07) is 11.4. The van der Waals surface area contributed by atoms with Crippen molar-refractivity contribution >= 4 is 40.5 Å². The van der Waals surface area contributed by atoms with Gasteiger partial charge in [-0.3, -0.25) is 15.6 Å². The van der Waals surface area contributed by atoms with Gasteiger partial charge in [0, 0.05) is 11.3 Å². The minimum atomic E-state index is -4.53. The van der Waals surface area contributed by atoms with Gasteiger partial charge in [0.15, 0.2) is 10.9 Å². The van der Waals surface area contributed by atoms with Crippen LogP contribution in [0.2, 0.25) is 5.02 Å². The van der Waals surface area contributed by atoms with Crippen LogP contribution in [0.4, 0.5) is 18.9 Å². The van der Waals surface area contributed by atoms with E-state index in [1.807, 2.05) is 32.0 Å². The monoisotopic (exact) mass is 467 g/mol. The number of amides is 1. The molecule has 0 bridgehead atoms. The Hall–Kier alpha value is -3.04. The van der Waals surface area contributed by atoms with E-state index in [0.717, 1.165) is 35.0 Å². The fourth-order valence-electron chi connectivity index (χ4n) is 2.69. The number of alkyl halides is 3. The summed E-state index contributed by atoms with van der Waals surface area (Å²) in [6.07, 6.45) is -4.53. The van der Waals surface area contributed by atoms with Crippen LogP contribution >= 0.6 is 23.8 Å². The molecule has 0 aliphatic rings. The Bertz CT molecular complexity index is 1150. The number of hydrogen-bond acceptors (Lipinski definition) is 3. The summed E-state index contributed by atoms with van der Waals surface area (Å²) in [5, 5.41) is 3.18. The standard InChI is InChI=1S/C21H17ClF3N3O2S/c1-11-3-4-12(2)16(9-11)26-20(31)28-27-19(29)18-8-7-17(30-18)14-10-13(21(23,24)25)5-6-15(14)22/h3-10H,1-2H3,(H,27,29)(H2,26,28,31). The molecule has 2 aromatic carbocycles. The lowest BCUT2D eigenvalue weighted by molar-refractivity contribution is -0.137. The molecule has 0 saturated heterocycles. The molecule has 162 valence electrons. The van der Waals surface area contributed by atoms with Crippen LogP contribution in [-0.4, -0.2) is 11.0 Å². The number of anilines is 1. The summed E-state index contributed by atoms with van der Waals surface area (Å²) < 4.78 is 44.3. The summed E-state index contributed by atoms with van der Waals surface area (Å²) >= 11 is 11.2. The van der Waals surface area contributed by atoms with Gasteiger partial charge >= 0.3 is 12.1 Å². The van der Waals surface area contributed by atoms with E-state index >= 15 is 0 Å². The fraction of sp³-hybridized carbons (Fsp3) is 0.143. The van der Waals surface area contributed by atoms with Gasteiger partial charge in [0.1, 0.15) is 5.76 Å². The number of rotatable bonds is 3. The lowest BCUT2D eigenvalue weighted by atomic mass is 10.1. The molecule has 0 aliphatic heterocycles. The van der Waals surface area contributed by atoms with E-state index in [4.69, 9.17) is 28.2 Å². The van der Waals surface area contributed by atoms with E-state index in [0.29, 0.717) is 0 Å². The highest BCUT2D eigenvalue weighted by Crippen LogP contribution is 2.36. The second-order valence-corrected chi connectivity index (χ2v) is 7.52. The van der Waals surface area contributed by atoms with Crippen molar-refractivity contribution in [2.75, 3.05) is 5.32 Å². The first-order valence-corrected chi connectivity index (χ1v) is 9.75. The predicted octanol–water partition coefficient (Wildman–Crippen LogP) is 5.87. The Kier molecular flexibility index (Phi) is 6.56. The minimum Gasteiger partial charge on any atom is -0.451 e. The van der Waals surface area contributed by atoms with Gasteiger partial charge in [-0.05, 0) is 73.6 Å². The molecular formula is C21H17ClF3N3O2S. The normalized spacial score (nSPS) is 11.2. The van der Waals surface area contributed by atoms with Crippen LogP contribution in [0.1, 0.15) is 27.2 Å². The zero-order valence-electron chi connectivity index (χ0n) is 16.4. The van der Waals surface area contributed by atoms with Crippen molar-refractivity contribution in [1.29, 1.82) is 0 Å². The Morgan fingerprint density at radius 3 is 2.48 bits per heavy atom. The molecule has 1 aromatic heterocycles. The van der Waals surface area contributed by atoms with Gasteiger partial charge in [-0.15, -0.1) is 0 Å². The number of thiocarbonyl (C=S) groups is 1. The maximum atomic E-state index is 13.0. The number of hydrazine groups is 1. The highest BCUT2D eigenvalue weighted by molar-refractivity contribution is 7.80. The first-order valence-electron chi connectivity index (χ1n) is 8.96. The number of furan rings is 1. The maximum absolute atomic E-state index is 13.0. The van der Waals surface area contributed by atoms with E-state index in [-0.39, 0.29) is 27.2 Å². The number of nitrogens with one attached hydrogen (secondary N) is 3. The van der Waals surface area contributed by atoms with Crippen molar-refractivity contribution in [2.24, 2.45) is 0 Å². The maximum Gasteiger partial charge on any atom is 0.416 e. The van der Waals surface area contributed by atoms with Crippen molar-refractivity contribution in [3.05, 3.63) is 76.0 Å². The van der Waals surface area contributed by atoms with Gasteiger partial charge in [0.2, 0.25) is 0 Å². The molecule has 0 saturated carbocycles. The number of halogens is 4. The van der Waals surface area contributed by atoms with Crippen LogP contribution in [0, 0.1) is 13.8 Å². The van der Waals surface area contributed by atoms with E-state index in [2.05, 4.69) is 16.2 Å². The second kappa shape index (κ2) is 8.99. The third kappa shape index (κ3) is 5.56. The molecule has 0 fully saturated rings. The molecular weight excluding hydrogens is 451 g/mol. The molecule has 0 atom stereocenters. The molecule has 0 aliphatic carbocycles. The molecule has 31 heavy (non-hydrogen) atoms. The summed E-state index contributed by atoms with van der Waals surface area (Å²) in [5.41, 5.74) is 6.86. The number of aryl methyl sites for hydroxylation is 2. The highest BCUT2D eigenvalue weighted by atomic mass is 35.5. The summed E-state index contributed by atoms with van der Waals surface area (Å²) in [6.45, 7) is 3.85. The van der Waals surface area contributed by atoms with Crippen LogP contribution < -0.4 is 16.2 Å². The van der Waals surface area contributed by atoms with Crippen LogP contribution in [0.3, 0.4) is 0 Å². The molecule has 0 spiro atoms. The largest absolute Gasteiger partial charge is 0.451 e. The van der Waals surface area contributed by atoms with Crippen LogP contribution in [0.15, 0.2) is 52.9 Å². The SMILES string of the molecule is Cc1ccc(C)c(NC(=S)NNC(=O)c2ccc(-c3cc(C(F)(F)F)ccc3Cl)o2)c1. The number of carbonyl (C=O) groups excluding carboxylic acids is 1. The lowest BCUT2D eigenvalue weighted by Gasteiger charge is -2.13. The third-order valence-corrected chi connectivity index (χ3v) is 4.85. The van der Waals surface area contributed by atoms with Gasteiger partial charge in [0.25, 0.3) is 0 Å². The van der Waals surface area contributed by atoms with Crippen molar-refractivity contribution in [1.82, 2.24) is 10.9 Å². The van der Waals surface area contributed by atoms with Crippen LogP contribution in [0.5, 0.6) is 0 Å². The van der Waals surface area contributed by atoms with Crippen molar-refractivity contribution in [2.45, 2.75) is 20.0 Å². The second-order valence-electron chi connectivity index (χ2n) is 6.71. The zero-order chi connectivity index (χ0) is 22.8. The van der Waals surface area contributed by atoms with Crippen LogP contribution in [-0.2, 0) is 6.18 Å². The predicted molar refractivity (Wildman–Crippen MR) is 117 cm³/mol. The van der Waals surface area contributed by atoms with E-state index in [1.165, 1.54) is 12.1 Å². The highest BCUT2D eigenvalue weighted by Gasteiger charge is 2.31. The smallest absolute Gasteiger partial charge is 0.416 e. The number of hydrogen-bond donors (Lipinski definition) is 3. The van der Waals surface area contributed by atoms with Crippen LogP contribution in [0.25, 0.3) is 11.3 Å². The Balaban J connectivity index is 1.67. The Morgan fingerprint density at radius 2 is 1.77 bits per heavy atom. The first-order chi connectivity index (χ1) is 14.5. The summed E-state index contributed by atoms with van der Waals surface area (Å²) in [7, 11) is 0. The van der Waals surface area contributed by atoms with Gasteiger partial charge in [-0.25, -0.2) is 0 Å². The van der Waals surface area contributed by atoms with Crippen molar-refractivity contribution in [3.8, 4) is 11.3 Å². The van der Waals surface area contributed by atoms with Crippen molar-refractivity contribution in [3.63, 3.8) is 0 Å². The van der Waals surface area contributed by atoms with E-state index in [9.17, 15) is 18.0 Å². The molecule has 0 unspecified atom stereocenters. The first kappa shape index (κ1) is 22.6. The average molecular weight is 468 g/mol. The van der Waals surface area contributed by atoms with Gasteiger partial charge in [0.05, 0.1) is 10.6 Å². The zero-order valence-corrected chi connectivity index (χ0v) is 17.9. The molecule has 3 N–H and O–H groups in total. The molecule has 1 heterocycles. The van der Waals surface area contributed by atoms with Gasteiger partial charge in [-0.2, -0.15) is 13.2 Å². The van der Waals surface area contributed by atoms with Gasteiger partial charge < -0.3 is 9.73 Å². The van der Waals surface area contributed by atoms with Crippen molar-refractivity contribution < 1.29 is 22.4 Å². The third-order valence-electron chi connectivity index (χ3n) is 4.32. The molecule has 3 rings (SSSR count). The Morgan fingerprint density at radius 1 is 1.03 bits per heavy atom. The number of benzene rings is 2. The van der Waals surface area contributed by atoms with E-state index in [1.54, 1.807) is 0 Å². The lowest BCUT2D eigenvalue weighted by Crippen LogP contribution is -2.43. The quantitative estimate of drug-likeness (QED) is 0.332. The summed E-state index contributed by atoms with van der Waals surface area (Å²) in [4.78, 5) is 12.3. The Labute approximate surface area is 186 Å². The molecule has 3 aromatic rings. The number of carbonyl (C=O) groups is 1. The van der Waals surface area contributed by atoms with Gasteiger partial charge in [-0.1, -0.05) is 23.7 Å². The summed E-state index contributed by atoms with van der Waals surface area (Å²) in [5.74, 6) is -0.776. The van der Waals surface area contributed by atoms with E-state index < -0.39 is 17.6 Å². The minimum absolute atomic E-state index is 0.0237.